The third-order valence-corrected chi connectivity index (χ3v) is 6.63. The summed E-state index contributed by atoms with van der Waals surface area (Å²) in [6, 6.07) is -0.810. The van der Waals surface area contributed by atoms with Crippen LogP contribution in [0.1, 0.15) is 20.3 Å². The Morgan fingerprint density at radius 1 is 1.43 bits per heavy atom. The van der Waals surface area contributed by atoms with Crippen molar-refractivity contribution in [3.63, 3.8) is 0 Å². The molecule has 1 fully saturated rings. The Hall–Kier alpha value is -0.710. The predicted molar refractivity (Wildman–Crippen MR) is 76.3 cm³/mol. The first-order chi connectivity index (χ1) is 9.53. The van der Waals surface area contributed by atoms with Gasteiger partial charge in [0, 0.05) is 6.04 Å². The average Bonchev–Trinajstić information content (AvgIpc) is 2.65. The third kappa shape index (κ3) is 5.89. The lowest BCUT2D eigenvalue weighted by Crippen LogP contribution is -2.45. The van der Waals surface area contributed by atoms with Crippen LogP contribution in [0.25, 0.3) is 0 Å². The van der Waals surface area contributed by atoms with Gasteiger partial charge < -0.3 is 9.84 Å². The molecule has 124 valence electrons. The van der Waals surface area contributed by atoms with Gasteiger partial charge in [0.15, 0.2) is 9.84 Å². The van der Waals surface area contributed by atoms with Crippen LogP contribution in [0.4, 0.5) is 0 Å². The van der Waals surface area contributed by atoms with E-state index in [1.54, 1.807) is 13.8 Å². The number of sulfonamides is 1. The molecule has 0 amide bonds. The van der Waals surface area contributed by atoms with Gasteiger partial charge in [-0.25, -0.2) is 16.8 Å². The van der Waals surface area contributed by atoms with Gasteiger partial charge in [-0.05, 0) is 20.3 Å². The van der Waals surface area contributed by atoms with Gasteiger partial charge in [-0.3, -0.25) is 4.79 Å². The van der Waals surface area contributed by atoms with E-state index in [2.05, 4.69) is 0 Å². The molecule has 0 aliphatic carbocycles. The molecule has 1 atom stereocenters. The monoisotopic (exact) mass is 343 g/mol. The number of carboxylic acids is 1. The van der Waals surface area contributed by atoms with Gasteiger partial charge in [0.1, 0.15) is 6.54 Å². The second-order valence-electron chi connectivity index (χ2n) is 5.23. The maximum atomic E-state index is 12.2. The summed E-state index contributed by atoms with van der Waals surface area (Å²) in [6.45, 7) is 2.72. The first-order valence-electron chi connectivity index (χ1n) is 6.57. The Balaban J connectivity index is 2.84. The van der Waals surface area contributed by atoms with Crippen molar-refractivity contribution >= 4 is 25.8 Å². The Labute approximate surface area is 125 Å². The van der Waals surface area contributed by atoms with Crippen molar-refractivity contribution in [1.82, 2.24) is 4.31 Å². The maximum Gasteiger partial charge on any atom is 0.318 e. The Morgan fingerprint density at radius 3 is 2.48 bits per heavy atom. The highest BCUT2D eigenvalue weighted by atomic mass is 32.2. The van der Waals surface area contributed by atoms with Crippen LogP contribution in [0.15, 0.2) is 0 Å². The second-order valence-corrected chi connectivity index (χ2v) is 9.50. The van der Waals surface area contributed by atoms with Crippen molar-refractivity contribution in [2.45, 2.75) is 32.4 Å². The molecule has 1 aliphatic rings. The number of aliphatic carboxylic acids is 1. The summed E-state index contributed by atoms with van der Waals surface area (Å²) in [4.78, 5) is 10.9. The van der Waals surface area contributed by atoms with Gasteiger partial charge in [0.25, 0.3) is 0 Å². The number of carboxylic acid groups (broad SMARTS) is 1. The molecule has 10 heteroatoms. The summed E-state index contributed by atoms with van der Waals surface area (Å²) in [5.74, 6) is -2.13. The molecule has 0 bridgehead atoms. The molecule has 0 saturated carbocycles. The summed E-state index contributed by atoms with van der Waals surface area (Å²) in [5, 5.41) is 8.86. The first-order valence-corrected chi connectivity index (χ1v) is 10.00. The van der Waals surface area contributed by atoms with Gasteiger partial charge in [0.2, 0.25) is 10.0 Å². The second kappa shape index (κ2) is 7.03. The molecule has 0 aromatic carbocycles. The van der Waals surface area contributed by atoms with Crippen LogP contribution in [0.3, 0.4) is 0 Å². The zero-order chi connectivity index (χ0) is 16.3. The Morgan fingerprint density at radius 2 is 2.05 bits per heavy atom. The standard InChI is InChI=1S/C11H21NO7S2/c1-9(2)19-4-6-21(17,18)12(7-11(13)14)10-3-5-20(15,16)8-10/h9-10H,3-8H2,1-2H3,(H,13,14). The molecule has 1 aliphatic heterocycles. The molecule has 0 aromatic heterocycles. The lowest BCUT2D eigenvalue weighted by Gasteiger charge is -2.25. The van der Waals surface area contributed by atoms with E-state index in [-0.39, 0.29) is 36.4 Å². The fraction of sp³-hybridized carbons (Fsp3) is 0.909. The van der Waals surface area contributed by atoms with Crippen LogP contribution in [0.2, 0.25) is 0 Å². The molecule has 8 nitrogen and oxygen atoms in total. The first kappa shape index (κ1) is 18.3. The SMILES string of the molecule is CC(C)OCCS(=O)(=O)N(CC(=O)O)C1CCS(=O)(=O)C1. The van der Waals surface area contributed by atoms with E-state index in [9.17, 15) is 21.6 Å². The smallest absolute Gasteiger partial charge is 0.318 e. The molecule has 1 unspecified atom stereocenters. The predicted octanol–water partition coefficient (Wildman–Crippen LogP) is -0.685. The minimum Gasteiger partial charge on any atom is -0.480 e. The quantitative estimate of drug-likeness (QED) is 0.620. The van der Waals surface area contributed by atoms with E-state index in [1.165, 1.54) is 0 Å². The number of ether oxygens (including phenoxy) is 1. The summed E-state index contributed by atoms with van der Waals surface area (Å²) in [6.07, 6.45) is -0.0140. The fourth-order valence-corrected chi connectivity index (χ4v) is 5.40. The number of hydrogen-bond acceptors (Lipinski definition) is 6. The van der Waals surface area contributed by atoms with E-state index in [1.807, 2.05) is 0 Å². The van der Waals surface area contributed by atoms with Crippen LogP contribution in [0.5, 0.6) is 0 Å². The van der Waals surface area contributed by atoms with E-state index in [0.29, 0.717) is 0 Å². The van der Waals surface area contributed by atoms with E-state index in [0.717, 1.165) is 4.31 Å². The molecule has 1 rings (SSSR count). The zero-order valence-corrected chi connectivity index (χ0v) is 13.7. The largest absolute Gasteiger partial charge is 0.480 e. The van der Waals surface area contributed by atoms with Crippen molar-refractivity contribution in [1.29, 1.82) is 0 Å². The van der Waals surface area contributed by atoms with E-state index in [4.69, 9.17) is 9.84 Å². The molecular weight excluding hydrogens is 322 g/mol. The van der Waals surface area contributed by atoms with Gasteiger partial charge >= 0.3 is 5.97 Å². The van der Waals surface area contributed by atoms with Crippen LogP contribution < -0.4 is 0 Å². The molecule has 0 radical (unpaired) electrons. The summed E-state index contributed by atoms with van der Waals surface area (Å²) in [7, 11) is -7.18. The number of hydrogen-bond donors (Lipinski definition) is 1. The van der Waals surface area contributed by atoms with Gasteiger partial charge in [-0.1, -0.05) is 0 Å². The minimum absolute atomic E-state index is 0.0599. The van der Waals surface area contributed by atoms with Crippen molar-refractivity contribution in [3.8, 4) is 0 Å². The highest BCUT2D eigenvalue weighted by Gasteiger charge is 2.38. The van der Waals surface area contributed by atoms with Crippen molar-refractivity contribution < 1.29 is 31.5 Å². The van der Waals surface area contributed by atoms with Gasteiger partial charge in [-0.2, -0.15) is 4.31 Å². The van der Waals surface area contributed by atoms with Crippen LogP contribution in [-0.4, -0.2) is 74.8 Å². The molecule has 0 aromatic rings. The van der Waals surface area contributed by atoms with Crippen molar-refractivity contribution in [3.05, 3.63) is 0 Å². The normalized spacial score (nSPS) is 22.0. The highest BCUT2D eigenvalue weighted by molar-refractivity contribution is 7.92. The lowest BCUT2D eigenvalue weighted by atomic mass is 10.2. The van der Waals surface area contributed by atoms with E-state index < -0.39 is 38.4 Å². The van der Waals surface area contributed by atoms with Gasteiger partial charge in [0.05, 0.1) is 30.0 Å². The topological polar surface area (TPSA) is 118 Å². The Bertz CT molecular complexity index is 567. The van der Waals surface area contributed by atoms with Crippen LogP contribution in [-0.2, 0) is 29.4 Å². The number of rotatable bonds is 8. The molecule has 1 N–H and O–H groups in total. The number of sulfone groups is 1. The van der Waals surface area contributed by atoms with Crippen LogP contribution in [0, 0.1) is 0 Å². The maximum absolute atomic E-state index is 12.2. The third-order valence-electron chi connectivity index (χ3n) is 3.06. The minimum atomic E-state index is -3.88. The van der Waals surface area contributed by atoms with Crippen molar-refractivity contribution in [2.75, 3.05) is 30.4 Å². The van der Waals surface area contributed by atoms with Crippen molar-refractivity contribution in [2.24, 2.45) is 0 Å². The average molecular weight is 343 g/mol. The molecular formula is C11H21NO7S2. The van der Waals surface area contributed by atoms with Gasteiger partial charge in [-0.15, -0.1) is 0 Å². The van der Waals surface area contributed by atoms with E-state index >= 15 is 0 Å². The Kier molecular flexibility index (Phi) is 6.14. The van der Waals surface area contributed by atoms with Crippen LogP contribution >= 0.6 is 0 Å². The summed E-state index contributed by atoms with van der Waals surface area (Å²) < 4.78 is 53.3. The number of nitrogens with zero attached hydrogens (tertiary/aromatic N) is 1. The molecule has 1 saturated heterocycles. The molecule has 1 heterocycles. The highest BCUT2D eigenvalue weighted by Crippen LogP contribution is 2.20. The summed E-state index contributed by atoms with van der Waals surface area (Å²) >= 11 is 0. The molecule has 21 heavy (non-hydrogen) atoms. The summed E-state index contributed by atoms with van der Waals surface area (Å²) in [5.41, 5.74) is 0. The fourth-order valence-electron chi connectivity index (χ4n) is 2.10. The zero-order valence-electron chi connectivity index (χ0n) is 12.1. The number of carbonyl (C=O) groups is 1. The molecule has 0 spiro atoms. The lowest BCUT2D eigenvalue weighted by molar-refractivity contribution is -0.137.